The summed E-state index contributed by atoms with van der Waals surface area (Å²) in [6.45, 7) is 4.21. The number of halogens is 1. The van der Waals surface area contributed by atoms with Crippen molar-refractivity contribution in [1.82, 2.24) is 4.90 Å². The summed E-state index contributed by atoms with van der Waals surface area (Å²) in [6, 6.07) is 1.71. The van der Waals surface area contributed by atoms with Crippen LogP contribution in [0.5, 0.6) is 0 Å². The number of amides is 1. The van der Waals surface area contributed by atoms with Gasteiger partial charge < -0.3 is 15.8 Å². The van der Waals surface area contributed by atoms with E-state index in [2.05, 4.69) is 5.16 Å². The van der Waals surface area contributed by atoms with Gasteiger partial charge in [0.2, 0.25) is 0 Å². The summed E-state index contributed by atoms with van der Waals surface area (Å²) >= 11 is 7.26. The number of thiophene rings is 1. The van der Waals surface area contributed by atoms with E-state index in [4.69, 9.17) is 22.5 Å². The van der Waals surface area contributed by atoms with Gasteiger partial charge in [0, 0.05) is 19.0 Å². The third-order valence-corrected chi connectivity index (χ3v) is 3.76. The second kappa shape index (κ2) is 6.61. The molecule has 1 aromatic heterocycles. The standard InChI is InChI=1S/C11H16ClN3O2S/c1-7(2)15(5-3-9(13)14-17)11(16)10-8(12)4-6-18-10/h4,6-7,17H,3,5H2,1-2H3,(H2,13,14). The summed E-state index contributed by atoms with van der Waals surface area (Å²) in [6.07, 6.45) is 0.323. The van der Waals surface area contributed by atoms with Gasteiger partial charge in [-0.3, -0.25) is 4.79 Å². The lowest BCUT2D eigenvalue weighted by molar-refractivity contribution is 0.0716. The van der Waals surface area contributed by atoms with Crippen LogP contribution in [0.1, 0.15) is 29.9 Å². The van der Waals surface area contributed by atoms with Gasteiger partial charge in [0.25, 0.3) is 5.91 Å². The Balaban J connectivity index is 2.80. The van der Waals surface area contributed by atoms with Crippen molar-refractivity contribution in [3.63, 3.8) is 0 Å². The smallest absolute Gasteiger partial charge is 0.265 e. The van der Waals surface area contributed by atoms with Gasteiger partial charge in [-0.25, -0.2) is 0 Å². The number of nitrogens with zero attached hydrogens (tertiary/aromatic N) is 2. The second-order valence-corrected chi connectivity index (χ2v) is 5.35. The molecule has 18 heavy (non-hydrogen) atoms. The minimum absolute atomic E-state index is 0.0159. The van der Waals surface area contributed by atoms with Gasteiger partial charge >= 0.3 is 0 Å². The maximum absolute atomic E-state index is 12.3. The molecule has 0 aliphatic rings. The van der Waals surface area contributed by atoms with Crippen LogP contribution in [0.25, 0.3) is 0 Å². The maximum Gasteiger partial charge on any atom is 0.265 e. The molecule has 0 saturated heterocycles. The Bertz CT molecular complexity index is 445. The van der Waals surface area contributed by atoms with Crippen LogP contribution in [0.2, 0.25) is 5.02 Å². The first-order chi connectivity index (χ1) is 8.47. The molecule has 1 heterocycles. The van der Waals surface area contributed by atoms with Gasteiger partial charge in [-0.1, -0.05) is 16.8 Å². The molecule has 3 N–H and O–H groups in total. The molecule has 1 amide bonds. The minimum Gasteiger partial charge on any atom is -0.409 e. The van der Waals surface area contributed by atoms with Gasteiger partial charge in [0.05, 0.1) is 5.02 Å². The number of hydrogen-bond donors (Lipinski definition) is 2. The van der Waals surface area contributed by atoms with Crippen molar-refractivity contribution >= 4 is 34.7 Å². The van der Waals surface area contributed by atoms with E-state index < -0.39 is 0 Å². The topological polar surface area (TPSA) is 78.9 Å². The van der Waals surface area contributed by atoms with Crippen molar-refractivity contribution in [2.24, 2.45) is 10.9 Å². The highest BCUT2D eigenvalue weighted by molar-refractivity contribution is 7.12. The third kappa shape index (κ3) is 3.61. The zero-order chi connectivity index (χ0) is 13.7. The maximum atomic E-state index is 12.3. The van der Waals surface area contributed by atoms with E-state index >= 15 is 0 Å². The molecular weight excluding hydrogens is 274 g/mol. The van der Waals surface area contributed by atoms with E-state index in [1.54, 1.807) is 16.3 Å². The highest BCUT2D eigenvalue weighted by Crippen LogP contribution is 2.24. The van der Waals surface area contributed by atoms with Gasteiger partial charge in [-0.05, 0) is 25.3 Å². The lowest BCUT2D eigenvalue weighted by Gasteiger charge is -2.26. The van der Waals surface area contributed by atoms with Gasteiger partial charge in [-0.15, -0.1) is 11.3 Å². The largest absolute Gasteiger partial charge is 0.409 e. The highest BCUT2D eigenvalue weighted by Gasteiger charge is 2.22. The first kappa shape index (κ1) is 14.8. The Labute approximate surface area is 115 Å². The van der Waals surface area contributed by atoms with Crippen LogP contribution in [-0.2, 0) is 0 Å². The molecule has 0 bridgehead atoms. The summed E-state index contributed by atoms with van der Waals surface area (Å²) in [7, 11) is 0. The number of amidine groups is 1. The van der Waals surface area contributed by atoms with Gasteiger partial charge in [0.1, 0.15) is 10.7 Å². The molecule has 0 aromatic carbocycles. The number of carbonyl (C=O) groups is 1. The fourth-order valence-corrected chi connectivity index (χ4v) is 2.55. The molecule has 5 nitrogen and oxygen atoms in total. The molecule has 0 spiro atoms. The van der Waals surface area contributed by atoms with Gasteiger partial charge in [-0.2, -0.15) is 0 Å². The summed E-state index contributed by atoms with van der Waals surface area (Å²) in [5, 5.41) is 13.6. The Morgan fingerprint density at radius 3 is 2.78 bits per heavy atom. The van der Waals surface area contributed by atoms with E-state index in [-0.39, 0.29) is 17.8 Å². The summed E-state index contributed by atoms with van der Waals surface area (Å²) < 4.78 is 0. The average molecular weight is 290 g/mol. The predicted octanol–water partition coefficient (Wildman–Crippen LogP) is 2.39. The minimum atomic E-state index is -0.129. The number of oxime groups is 1. The number of hydrogen-bond acceptors (Lipinski definition) is 4. The van der Waals surface area contributed by atoms with Crippen LogP contribution in [-0.4, -0.2) is 34.4 Å². The Morgan fingerprint density at radius 1 is 1.67 bits per heavy atom. The highest BCUT2D eigenvalue weighted by atomic mass is 35.5. The molecular formula is C11H16ClN3O2S. The average Bonchev–Trinajstić information content (AvgIpc) is 2.74. The van der Waals surface area contributed by atoms with Crippen molar-refractivity contribution in [3.05, 3.63) is 21.3 Å². The van der Waals surface area contributed by atoms with Crippen molar-refractivity contribution < 1.29 is 10.0 Å². The normalized spacial score (nSPS) is 11.9. The van der Waals surface area contributed by atoms with Crippen molar-refractivity contribution in [2.45, 2.75) is 26.3 Å². The quantitative estimate of drug-likeness (QED) is 0.378. The molecule has 1 aromatic rings. The monoisotopic (exact) mass is 289 g/mol. The van der Waals surface area contributed by atoms with E-state index in [1.165, 1.54) is 11.3 Å². The zero-order valence-corrected chi connectivity index (χ0v) is 11.8. The molecule has 0 aliphatic heterocycles. The fraction of sp³-hybridized carbons (Fsp3) is 0.455. The molecule has 0 radical (unpaired) electrons. The predicted molar refractivity (Wildman–Crippen MR) is 73.5 cm³/mol. The van der Waals surface area contributed by atoms with Crippen LogP contribution < -0.4 is 5.73 Å². The molecule has 1 rings (SSSR count). The SMILES string of the molecule is CC(C)N(CC/C(N)=N/O)C(=O)c1sccc1Cl. The lowest BCUT2D eigenvalue weighted by atomic mass is 10.2. The number of rotatable bonds is 5. The van der Waals surface area contributed by atoms with Crippen LogP contribution in [0.15, 0.2) is 16.6 Å². The first-order valence-corrected chi connectivity index (χ1v) is 6.73. The molecule has 0 saturated carbocycles. The van der Waals surface area contributed by atoms with Crippen molar-refractivity contribution in [2.75, 3.05) is 6.54 Å². The van der Waals surface area contributed by atoms with E-state index in [0.717, 1.165) is 0 Å². The van der Waals surface area contributed by atoms with Crippen molar-refractivity contribution in [1.29, 1.82) is 0 Å². The van der Waals surface area contributed by atoms with E-state index in [0.29, 0.717) is 22.9 Å². The Hall–Kier alpha value is -1.27. The zero-order valence-electron chi connectivity index (χ0n) is 10.3. The second-order valence-electron chi connectivity index (χ2n) is 4.03. The molecule has 0 unspecified atom stereocenters. The van der Waals surface area contributed by atoms with Crippen molar-refractivity contribution in [3.8, 4) is 0 Å². The third-order valence-electron chi connectivity index (χ3n) is 2.43. The van der Waals surface area contributed by atoms with E-state index in [9.17, 15) is 4.79 Å². The Kier molecular flexibility index (Phi) is 5.43. The van der Waals surface area contributed by atoms with Gasteiger partial charge in [0.15, 0.2) is 0 Å². The summed E-state index contributed by atoms with van der Waals surface area (Å²) in [5.41, 5.74) is 5.41. The number of nitrogens with two attached hydrogens (primary N) is 1. The summed E-state index contributed by atoms with van der Waals surface area (Å²) in [4.78, 5) is 14.4. The first-order valence-electron chi connectivity index (χ1n) is 5.47. The fourth-order valence-electron chi connectivity index (χ4n) is 1.46. The Morgan fingerprint density at radius 2 is 2.33 bits per heavy atom. The van der Waals surface area contributed by atoms with Crippen LogP contribution in [0, 0.1) is 0 Å². The van der Waals surface area contributed by atoms with Crippen LogP contribution in [0.3, 0.4) is 0 Å². The van der Waals surface area contributed by atoms with Crippen LogP contribution in [0.4, 0.5) is 0 Å². The molecule has 0 fully saturated rings. The molecule has 7 heteroatoms. The number of carbonyl (C=O) groups excluding carboxylic acids is 1. The molecule has 0 atom stereocenters. The molecule has 100 valence electrons. The lowest BCUT2D eigenvalue weighted by Crippen LogP contribution is -2.38. The molecule has 0 aliphatic carbocycles. The summed E-state index contributed by atoms with van der Waals surface area (Å²) in [5.74, 6) is -0.0264. The van der Waals surface area contributed by atoms with E-state index in [1.807, 2.05) is 13.8 Å². The van der Waals surface area contributed by atoms with Crippen LogP contribution >= 0.6 is 22.9 Å².